The maximum Gasteiger partial charge on any atom is 0.203 e. The van der Waals surface area contributed by atoms with Crippen LogP contribution >= 0.6 is 11.3 Å². The highest BCUT2D eigenvalue weighted by molar-refractivity contribution is 7.15. The van der Waals surface area contributed by atoms with Crippen molar-refractivity contribution < 1.29 is 0 Å². The van der Waals surface area contributed by atoms with Crippen LogP contribution in [0.2, 0.25) is 0 Å². The number of fused-ring (bicyclic) bond motifs is 1. The summed E-state index contributed by atoms with van der Waals surface area (Å²) < 4.78 is 0. The molecule has 0 spiro atoms. The van der Waals surface area contributed by atoms with Crippen molar-refractivity contribution in [1.29, 1.82) is 0 Å². The highest BCUT2D eigenvalue weighted by atomic mass is 32.1. The van der Waals surface area contributed by atoms with Crippen molar-refractivity contribution in [1.82, 2.24) is 15.1 Å². The van der Waals surface area contributed by atoms with E-state index in [0.29, 0.717) is 5.13 Å². The summed E-state index contributed by atoms with van der Waals surface area (Å²) in [5, 5.41) is 9.73. The lowest BCUT2D eigenvalue weighted by Crippen LogP contribution is -2.46. The van der Waals surface area contributed by atoms with Crippen LogP contribution in [-0.4, -0.2) is 27.7 Å². The molecule has 0 bridgehead atoms. The van der Waals surface area contributed by atoms with E-state index in [1.54, 1.807) is 0 Å². The Morgan fingerprint density at radius 3 is 2.82 bits per heavy atom. The number of anilines is 1. The first-order valence-corrected chi connectivity index (χ1v) is 7.46. The Bertz CT molecular complexity index is 376. The standard InChI is InChI=1S/C12H20N4S/c13-12-15-14-11(17-12)8-16-7-3-5-9-4-1-2-6-10(9)16/h9-10H,1-8H2,(H2,13,15)/t9-,10-/m1/s1. The van der Waals surface area contributed by atoms with Gasteiger partial charge in [-0.1, -0.05) is 24.2 Å². The van der Waals surface area contributed by atoms with Crippen LogP contribution in [0, 0.1) is 5.92 Å². The summed E-state index contributed by atoms with van der Waals surface area (Å²) in [6, 6.07) is 0.794. The fraction of sp³-hybridized carbons (Fsp3) is 0.833. The molecule has 2 atom stereocenters. The van der Waals surface area contributed by atoms with E-state index >= 15 is 0 Å². The number of hydrogen-bond donors (Lipinski definition) is 1. The second kappa shape index (κ2) is 4.90. The Hall–Kier alpha value is -0.680. The maximum absolute atomic E-state index is 5.64. The molecule has 1 saturated carbocycles. The fourth-order valence-corrected chi connectivity index (χ4v) is 4.06. The van der Waals surface area contributed by atoms with Crippen LogP contribution in [0.1, 0.15) is 43.5 Å². The van der Waals surface area contributed by atoms with Gasteiger partial charge in [-0.3, -0.25) is 4.90 Å². The van der Waals surface area contributed by atoms with Crippen LogP contribution < -0.4 is 5.73 Å². The normalized spacial score (nSPS) is 30.1. The minimum absolute atomic E-state index is 0.595. The largest absolute Gasteiger partial charge is 0.374 e. The summed E-state index contributed by atoms with van der Waals surface area (Å²) in [5.74, 6) is 0.933. The minimum Gasteiger partial charge on any atom is -0.374 e. The molecule has 2 fully saturated rings. The molecule has 2 N–H and O–H groups in total. The lowest BCUT2D eigenvalue weighted by molar-refractivity contribution is 0.0545. The van der Waals surface area contributed by atoms with Crippen LogP contribution in [0.15, 0.2) is 0 Å². The molecule has 0 aromatic carbocycles. The zero-order chi connectivity index (χ0) is 11.7. The Morgan fingerprint density at radius 2 is 2.00 bits per heavy atom. The first-order valence-electron chi connectivity index (χ1n) is 6.65. The topological polar surface area (TPSA) is 55.0 Å². The molecule has 3 rings (SSSR count). The van der Waals surface area contributed by atoms with Gasteiger partial charge in [0.05, 0.1) is 6.54 Å². The number of nitrogen functional groups attached to an aromatic ring is 1. The number of likely N-dealkylation sites (tertiary alicyclic amines) is 1. The predicted octanol–water partition coefficient (Wildman–Crippen LogP) is 2.27. The highest BCUT2D eigenvalue weighted by Gasteiger charge is 2.33. The zero-order valence-electron chi connectivity index (χ0n) is 10.1. The molecule has 0 unspecified atom stereocenters. The van der Waals surface area contributed by atoms with Crippen molar-refractivity contribution in [3.8, 4) is 0 Å². The van der Waals surface area contributed by atoms with Crippen molar-refractivity contribution in [2.24, 2.45) is 5.92 Å². The second-order valence-electron chi connectivity index (χ2n) is 5.26. The van der Waals surface area contributed by atoms with Gasteiger partial charge in [-0.2, -0.15) is 0 Å². The van der Waals surface area contributed by atoms with Gasteiger partial charge in [0.25, 0.3) is 0 Å². The summed E-state index contributed by atoms with van der Waals surface area (Å²) in [6.07, 6.45) is 8.41. The number of hydrogen-bond acceptors (Lipinski definition) is 5. The highest BCUT2D eigenvalue weighted by Crippen LogP contribution is 2.36. The molecule has 2 heterocycles. The quantitative estimate of drug-likeness (QED) is 0.877. The molecule has 94 valence electrons. The third-order valence-electron chi connectivity index (χ3n) is 4.18. The van der Waals surface area contributed by atoms with Crippen LogP contribution in [0.3, 0.4) is 0 Å². The number of rotatable bonds is 2. The van der Waals surface area contributed by atoms with E-state index in [-0.39, 0.29) is 0 Å². The Labute approximate surface area is 106 Å². The van der Waals surface area contributed by atoms with E-state index in [0.717, 1.165) is 23.5 Å². The first kappa shape index (κ1) is 11.4. The third-order valence-corrected chi connectivity index (χ3v) is 4.92. The third kappa shape index (κ3) is 2.45. The second-order valence-corrected chi connectivity index (χ2v) is 6.35. The fourth-order valence-electron chi connectivity index (χ4n) is 3.43. The summed E-state index contributed by atoms with van der Waals surface area (Å²) in [5.41, 5.74) is 5.64. The molecule has 0 amide bonds. The predicted molar refractivity (Wildman–Crippen MR) is 69.7 cm³/mol. The molecule has 17 heavy (non-hydrogen) atoms. The molecule has 5 heteroatoms. The lowest BCUT2D eigenvalue weighted by Gasteiger charge is -2.43. The Balaban J connectivity index is 1.68. The summed E-state index contributed by atoms with van der Waals surface area (Å²) in [4.78, 5) is 2.62. The van der Waals surface area contributed by atoms with Crippen LogP contribution in [-0.2, 0) is 6.54 Å². The molecule has 1 aromatic rings. The average molecular weight is 252 g/mol. The lowest BCUT2D eigenvalue weighted by atomic mass is 9.78. The Morgan fingerprint density at radius 1 is 1.18 bits per heavy atom. The molecular formula is C12H20N4S. The van der Waals surface area contributed by atoms with E-state index in [1.807, 2.05) is 0 Å². The minimum atomic E-state index is 0.595. The van der Waals surface area contributed by atoms with Gasteiger partial charge in [0.15, 0.2) is 0 Å². The van der Waals surface area contributed by atoms with E-state index in [1.165, 1.54) is 56.4 Å². The summed E-state index contributed by atoms with van der Waals surface area (Å²) in [6.45, 7) is 2.18. The van der Waals surface area contributed by atoms with Crippen LogP contribution in [0.5, 0.6) is 0 Å². The van der Waals surface area contributed by atoms with Crippen molar-refractivity contribution in [3.63, 3.8) is 0 Å². The van der Waals surface area contributed by atoms with Gasteiger partial charge in [0.1, 0.15) is 5.01 Å². The van der Waals surface area contributed by atoms with E-state index < -0.39 is 0 Å². The van der Waals surface area contributed by atoms with Gasteiger partial charge >= 0.3 is 0 Å². The maximum atomic E-state index is 5.64. The van der Waals surface area contributed by atoms with E-state index in [4.69, 9.17) is 5.73 Å². The summed E-state index contributed by atoms with van der Waals surface area (Å²) in [7, 11) is 0. The number of piperidine rings is 1. The number of nitrogens with zero attached hydrogens (tertiary/aromatic N) is 3. The molecule has 1 aliphatic heterocycles. The molecule has 1 aromatic heterocycles. The van der Waals surface area contributed by atoms with Gasteiger partial charge in [-0.15, -0.1) is 10.2 Å². The average Bonchev–Trinajstić information content (AvgIpc) is 2.75. The first-order chi connectivity index (χ1) is 8.33. The zero-order valence-corrected chi connectivity index (χ0v) is 11.0. The van der Waals surface area contributed by atoms with Crippen molar-refractivity contribution in [2.45, 2.75) is 51.1 Å². The molecule has 1 aliphatic carbocycles. The SMILES string of the molecule is Nc1nnc(CN2CCC[C@H]3CCCC[C@H]32)s1. The van der Waals surface area contributed by atoms with Gasteiger partial charge in [-0.05, 0) is 38.1 Å². The van der Waals surface area contributed by atoms with Crippen LogP contribution in [0.25, 0.3) is 0 Å². The summed E-state index contributed by atoms with van der Waals surface area (Å²) >= 11 is 1.53. The number of aromatic nitrogens is 2. The van der Waals surface area contributed by atoms with Crippen molar-refractivity contribution in [3.05, 3.63) is 5.01 Å². The molecule has 2 aliphatic rings. The van der Waals surface area contributed by atoms with Gasteiger partial charge < -0.3 is 5.73 Å². The van der Waals surface area contributed by atoms with Crippen LogP contribution in [0.4, 0.5) is 5.13 Å². The molecule has 4 nitrogen and oxygen atoms in total. The molecule has 0 radical (unpaired) electrons. The van der Waals surface area contributed by atoms with Gasteiger partial charge in [0, 0.05) is 6.04 Å². The molecule has 1 saturated heterocycles. The smallest absolute Gasteiger partial charge is 0.203 e. The van der Waals surface area contributed by atoms with E-state index in [2.05, 4.69) is 15.1 Å². The Kier molecular flexibility index (Phi) is 3.29. The number of nitrogens with two attached hydrogens (primary N) is 1. The van der Waals surface area contributed by atoms with Gasteiger partial charge in [0.2, 0.25) is 5.13 Å². The van der Waals surface area contributed by atoms with Gasteiger partial charge in [-0.25, -0.2) is 0 Å². The molecular weight excluding hydrogens is 232 g/mol. The van der Waals surface area contributed by atoms with Crippen molar-refractivity contribution in [2.75, 3.05) is 12.3 Å². The van der Waals surface area contributed by atoms with E-state index in [9.17, 15) is 0 Å². The van der Waals surface area contributed by atoms with Crippen molar-refractivity contribution >= 4 is 16.5 Å². The monoisotopic (exact) mass is 252 g/mol.